The average Bonchev–Trinajstić information content (AvgIpc) is 2.39. The van der Waals surface area contributed by atoms with E-state index in [4.69, 9.17) is 11.6 Å². The van der Waals surface area contributed by atoms with Gasteiger partial charge in [0, 0.05) is 21.7 Å². The van der Waals surface area contributed by atoms with Crippen molar-refractivity contribution in [3.63, 3.8) is 0 Å². The topological polar surface area (TPSA) is 12.0 Å². The molecule has 1 N–H and O–H groups in total. The van der Waals surface area contributed by atoms with Crippen molar-refractivity contribution in [1.29, 1.82) is 0 Å². The molecule has 20 heavy (non-hydrogen) atoms. The molecule has 0 heterocycles. The zero-order valence-corrected chi connectivity index (χ0v) is 12.5. The van der Waals surface area contributed by atoms with E-state index in [1.165, 1.54) is 12.1 Å². The molecule has 106 valence electrons. The SMILES string of the molecule is FC(F)(F)c1ccccc1NCc1cc(Cl)ccc1Br. The third-order valence-electron chi connectivity index (χ3n) is 2.71. The third-order valence-corrected chi connectivity index (χ3v) is 3.72. The molecule has 0 bridgehead atoms. The highest BCUT2D eigenvalue weighted by molar-refractivity contribution is 9.10. The minimum atomic E-state index is -4.38. The summed E-state index contributed by atoms with van der Waals surface area (Å²) in [6.45, 7) is 0.244. The summed E-state index contributed by atoms with van der Waals surface area (Å²) in [5.74, 6) is 0. The summed E-state index contributed by atoms with van der Waals surface area (Å²) in [7, 11) is 0. The molecule has 6 heteroatoms. The van der Waals surface area contributed by atoms with Gasteiger partial charge in [-0.05, 0) is 35.9 Å². The first-order valence-corrected chi connectivity index (χ1v) is 6.89. The molecule has 0 unspecified atom stereocenters. The first-order chi connectivity index (χ1) is 9.38. The summed E-state index contributed by atoms with van der Waals surface area (Å²) in [6, 6.07) is 10.5. The van der Waals surface area contributed by atoms with Gasteiger partial charge in [0.1, 0.15) is 0 Å². The van der Waals surface area contributed by atoms with E-state index in [9.17, 15) is 13.2 Å². The molecule has 0 saturated carbocycles. The van der Waals surface area contributed by atoms with Gasteiger partial charge in [-0.1, -0.05) is 39.7 Å². The summed E-state index contributed by atoms with van der Waals surface area (Å²) in [4.78, 5) is 0. The molecule has 0 atom stereocenters. The van der Waals surface area contributed by atoms with E-state index in [1.807, 2.05) is 0 Å². The van der Waals surface area contributed by atoms with Gasteiger partial charge in [0.15, 0.2) is 0 Å². The zero-order valence-electron chi connectivity index (χ0n) is 10.1. The van der Waals surface area contributed by atoms with Crippen LogP contribution in [0.2, 0.25) is 5.02 Å². The van der Waals surface area contributed by atoms with Crippen LogP contribution in [-0.2, 0) is 12.7 Å². The number of nitrogens with one attached hydrogen (secondary N) is 1. The van der Waals surface area contributed by atoms with Gasteiger partial charge in [0.05, 0.1) is 5.56 Å². The van der Waals surface area contributed by atoms with Crippen molar-refractivity contribution in [2.75, 3.05) is 5.32 Å². The van der Waals surface area contributed by atoms with Gasteiger partial charge in [-0.25, -0.2) is 0 Å². The second-order valence-electron chi connectivity index (χ2n) is 4.13. The van der Waals surface area contributed by atoms with Crippen LogP contribution in [-0.4, -0.2) is 0 Å². The lowest BCUT2D eigenvalue weighted by molar-refractivity contribution is -0.136. The lowest BCUT2D eigenvalue weighted by Gasteiger charge is -2.15. The van der Waals surface area contributed by atoms with Crippen LogP contribution in [0.15, 0.2) is 46.9 Å². The van der Waals surface area contributed by atoms with Crippen LogP contribution in [0.4, 0.5) is 18.9 Å². The highest BCUT2D eigenvalue weighted by Gasteiger charge is 2.33. The largest absolute Gasteiger partial charge is 0.418 e. The molecule has 0 aromatic heterocycles. The Balaban J connectivity index is 2.21. The van der Waals surface area contributed by atoms with E-state index in [-0.39, 0.29) is 12.2 Å². The maximum Gasteiger partial charge on any atom is 0.418 e. The predicted molar refractivity (Wildman–Crippen MR) is 77.9 cm³/mol. The molecule has 0 aliphatic rings. The van der Waals surface area contributed by atoms with Crippen molar-refractivity contribution in [2.24, 2.45) is 0 Å². The quantitative estimate of drug-likeness (QED) is 0.733. The number of anilines is 1. The highest BCUT2D eigenvalue weighted by Crippen LogP contribution is 2.35. The van der Waals surface area contributed by atoms with Gasteiger partial charge in [0.25, 0.3) is 0 Å². The van der Waals surface area contributed by atoms with Gasteiger partial charge < -0.3 is 5.32 Å². The number of benzene rings is 2. The Morgan fingerprint density at radius 1 is 1.10 bits per heavy atom. The van der Waals surface area contributed by atoms with Gasteiger partial charge in [0.2, 0.25) is 0 Å². The van der Waals surface area contributed by atoms with Crippen molar-refractivity contribution >= 4 is 33.2 Å². The maximum absolute atomic E-state index is 12.8. The maximum atomic E-state index is 12.8. The van der Waals surface area contributed by atoms with Crippen LogP contribution in [0, 0.1) is 0 Å². The Labute approximate surface area is 127 Å². The smallest absolute Gasteiger partial charge is 0.380 e. The summed E-state index contributed by atoms with van der Waals surface area (Å²) < 4.78 is 39.3. The van der Waals surface area contributed by atoms with Crippen molar-refractivity contribution < 1.29 is 13.2 Å². The summed E-state index contributed by atoms with van der Waals surface area (Å²) in [5, 5.41) is 3.33. The second-order valence-corrected chi connectivity index (χ2v) is 5.42. The molecule has 2 aromatic rings. The van der Waals surface area contributed by atoms with Crippen molar-refractivity contribution in [3.8, 4) is 0 Å². The van der Waals surface area contributed by atoms with Crippen LogP contribution < -0.4 is 5.32 Å². The van der Waals surface area contributed by atoms with E-state index in [2.05, 4.69) is 21.2 Å². The van der Waals surface area contributed by atoms with Crippen LogP contribution in [0.3, 0.4) is 0 Å². The first kappa shape index (κ1) is 15.2. The molecule has 1 nitrogen and oxygen atoms in total. The van der Waals surface area contributed by atoms with Crippen LogP contribution in [0.1, 0.15) is 11.1 Å². The Morgan fingerprint density at radius 3 is 2.50 bits per heavy atom. The molecule has 0 radical (unpaired) electrons. The summed E-state index contributed by atoms with van der Waals surface area (Å²) in [5.41, 5.74) is 0.152. The third kappa shape index (κ3) is 3.67. The highest BCUT2D eigenvalue weighted by atomic mass is 79.9. The molecule has 0 saturated heterocycles. The molecule has 2 rings (SSSR count). The minimum absolute atomic E-state index is 0.0480. The minimum Gasteiger partial charge on any atom is -0.380 e. The molecule has 0 spiro atoms. The Morgan fingerprint density at radius 2 is 1.80 bits per heavy atom. The fourth-order valence-electron chi connectivity index (χ4n) is 1.75. The molecule has 0 aliphatic heterocycles. The van der Waals surface area contributed by atoms with E-state index in [0.29, 0.717) is 5.02 Å². The van der Waals surface area contributed by atoms with E-state index in [1.54, 1.807) is 24.3 Å². The number of halogens is 5. The van der Waals surface area contributed by atoms with Crippen molar-refractivity contribution in [1.82, 2.24) is 0 Å². The molecule has 2 aromatic carbocycles. The van der Waals surface area contributed by atoms with Crippen LogP contribution in [0.5, 0.6) is 0 Å². The lowest BCUT2D eigenvalue weighted by atomic mass is 10.1. The molecule has 0 amide bonds. The molecule has 0 aliphatic carbocycles. The number of hydrogen-bond donors (Lipinski definition) is 1. The summed E-state index contributed by atoms with van der Waals surface area (Å²) >= 11 is 9.21. The molecular formula is C14H10BrClF3N. The fraction of sp³-hybridized carbons (Fsp3) is 0.143. The van der Waals surface area contributed by atoms with Gasteiger partial charge in [-0.15, -0.1) is 0 Å². The average molecular weight is 365 g/mol. The molecular weight excluding hydrogens is 355 g/mol. The number of alkyl halides is 3. The van der Waals surface area contributed by atoms with Crippen LogP contribution >= 0.6 is 27.5 Å². The number of hydrogen-bond acceptors (Lipinski definition) is 1. The lowest BCUT2D eigenvalue weighted by Crippen LogP contribution is -2.10. The van der Waals surface area contributed by atoms with Crippen molar-refractivity contribution in [3.05, 3.63) is 63.1 Å². The predicted octanol–water partition coefficient (Wildman–Crippen LogP) is 5.73. The van der Waals surface area contributed by atoms with E-state index in [0.717, 1.165) is 16.1 Å². The van der Waals surface area contributed by atoms with Gasteiger partial charge in [-0.3, -0.25) is 0 Å². The number of rotatable bonds is 3. The monoisotopic (exact) mass is 363 g/mol. The Kier molecular flexibility index (Phi) is 4.60. The summed E-state index contributed by atoms with van der Waals surface area (Å²) in [6.07, 6.45) is -4.38. The van der Waals surface area contributed by atoms with Gasteiger partial charge in [-0.2, -0.15) is 13.2 Å². The fourth-order valence-corrected chi connectivity index (χ4v) is 2.34. The van der Waals surface area contributed by atoms with E-state index >= 15 is 0 Å². The molecule has 0 fully saturated rings. The number of para-hydroxylation sites is 1. The zero-order chi connectivity index (χ0) is 14.8. The normalized spacial score (nSPS) is 11.4. The van der Waals surface area contributed by atoms with E-state index < -0.39 is 11.7 Å². The van der Waals surface area contributed by atoms with Crippen LogP contribution in [0.25, 0.3) is 0 Å². The standard InChI is InChI=1S/C14H10BrClF3N/c15-12-6-5-10(16)7-9(12)8-20-13-4-2-1-3-11(13)14(17,18)19/h1-7,20H,8H2. The van der Waals surface area contributed by atoms with Crippen molar-refractivity contribution in [2.45, 2.75) is 12.7 Å². The second kappa shape index (κ2) is 6.06. The first-order valence-electron chi connectivity index (χ1n) is 5.72. The Bertz CT molecular complexity index is 614. The Hall–Kier alpha value is -1.20. The van der Waals surface area contributed by atoms with Gasteiger partial charge >= 0.3 is 6.18 Å².